The van der Waals surface area contributed by atoms with E-state index in [1.54, 1.807) is 48.8 Å². The molecule has 0 saturated carbocycles. The Hall–Kier alpha value is -6.80. The van der Waals surface area contributed by atoms with Crippen molar-refractivity contribution in [1.29, 1.82) is 10.5 Å². The van der Waals surface area contributed by atoms with Crippen LogP contribution in [0.1, 0.15) is 63.9 Å². The molecule has 362 valence electrons. The van der Waals surface area contributed by atoms with E-state index in [0.29, 0.717) is 50.6 Å². The van der Waals surface area contributed by atoms with E-state index < -0.39 is 36.2 Å². The summed E-state index contributed by atoms with van der Waals surface area (Å²) in [6.07, 6.45) is 6.00. The molecule has 0 fully saturated rings. The Morgan fingerprint density at radius 3 is 1.50 bits per heavy atom. The van der Waals surface area contributed by atoms with E-state index in [1.807, 2.05) is 43.3 Å². The molecule has 2 atom stereocenters. The Morgan fingerprint density at radius 2 is 1.06 bits per heavy atom. The van der Waals surface area contributed by atoms with Crippen molar-refractivity contribution >= 4 is 51.1 Å². The normalized spacial score (nSPS) is 12.7. The minimum atomic E-state index is -1.64. The van der Waals surface area contributed by atoms with Gasteiger partial charge in [-0.1, -0.05) is 59.6 Å². The van der Waals surface area contributed by atoms with Crippen molar-refractivity contribution in [2.45, 2.75) is 71.4 Å². The Balaban J connectivity index is 1.22. The lowest BCUT2D eigenvalue weighted by Crippen LogP contribution is -2.52. The van der Waals surface area contributed by atoms with Crippen molar-refractivity contribution in [1.82, 2.24) is 20.6 Å². The first-order valence-corrected chi connectivity index (χ1v) is 22.9. The van der Waals surface area contributed by atoms with Crippen LogP contribution < -0.4 is 29.6 Å². The molecule has 0 saturated heterocycles. The standard InChI is InChI=1S/C51H47BrCl2N6O10/c1-30-35(26-69-45-14-43(67-24-33-10-31(16-55)18-57-20-33)37(12-41(45)53)22-59-50(2,28-61)48(63)64)6-4-8-39(30)40-9-5-7-36(47(40)52)27-70-46-15-44(68-25-34-11-32(17-56)19-58-21-34)38(13-42(46)54)23-60-51(3,29-62)49(65)66/h4-15,18-21,59-62H,22-29H2,1-3H3,(H,63,64)(H,65,66). The number of carboxylic acid groups (broad SMARTS) is 2. The number of aliphatic hydroxyl groups is 2. The first-order valence-electron chi connectivity index (χ1n) is 21.4. The zero-order chi connectivity index (χ0) is 50.6. The second kappa shape index (κ2) is 23.7. The highest BCUT2D eigenvalue weighted by Crippen LogP contribution is 2.39. The summed E-state index contributed by atoms with van der Waals surface area (Å²) in [6.45, 7) is 3.54. The summed E-state index contributed by atoms with van der Waals surface area (Å²) in [7, 11) is 0. The SMILES string of the molecule is Cc1c(COc2cc(OCc3cncc(C#N)c3)c(CNC(C)(CO)C(=O)O)cc2Cl)cccc1-c1cccc(COc2cc(OCc3cncc(C#N)c3)c(CNC(C)(CO)C(=O)O)cc2Cl)c1Br. The van der Waals surface area contributed by atoms with Gasteiger partial charge in [-0.25, -0.2) is 0 Å². The number of pyridine rings is 2. The van der Waals surface area contributed by atoms with Crippen molar-refractivity contribution in [2.75, 3.05) is 13.2 Å². The third-order valence-corrected chi connectivity index (χ3v) is 12.9. The van der Waals surface area contributed by atoms with Crippen LogP contribution in [-0.4, -0.2) is 66.6 Å². The lowest BCUT2D eigenvalue weighted by molar-refractivity contribution is -0.146. The molecule has 0 bridgehead atoms. The molecule has 2 heterocycles. The quantitative estimate of drug-likeness (QED) is 0.0352. The first-order chi connectivity index (χ1) is 33.5. The van der Waals surface area contributed by atoms with Gasteiger partial charge in [-0.2, -0.15) is 10.5 Å². The van der Waals surface area contributed by atoms with Gasteiger partial charge in [0.1, 0.15) is 72.6 Å². The Morgan fingerprint density at radius 1 is 0.629 bits per heavy atom. The van der Waals surface area contributed by atoms with Gasteiger partial charge in [-0.05, 0) is 83.2 Å². The fourth-order valence-electron chi connectivity index (χ4n) is 6.82. The van der Waals surface area contributed by atoms with Crippen molar-refractivity contribution < 1.29 is 49.0 Å². The molecule has 6 rings (SSSR count). The summed E-state index contributed by atoms with van der Waals surface area (Å²) in [5, 5.41) is 64.0. The van der Waals surface area contributed by atoms with E-state index in [9.17, 15) is 40.5 Å². The van der Waals surface area contributed by atoms with E-state index in [4.69, 9.17) is 42.1 Å². The summed E-state index contributed by atoms with van der Waals surface area (Å²) >= 11 is 17.4. The number of halogens is 3. The van der Waals surface area contributed by atoms with Crippen molar-refractivity contribution in [3.63, 3.8) is 0 Å². The van der Waals surface area contributed by atoms with Gasteiger partial charge >= 0.3 is 11.9 Å². The number of carboxylic acids is 2. The molecule has 2 unspecified atom stereocenters. The van der Waals surface area contributed by atoms with Gasteiger partial charge in [0, 0.05) is 82.3 Å². The van der Waals surface area contributed by atoms with Gasteiger partial charge in [0.2, 0.25) is 0 Å². The minimum Gasteiger partial charge on any atom is -0.488 e. The zero-order valence-electron chi connectivity index (χ0n) is 38.1. The Bertz CT molecular complexity index is 2790. The maximum Gasteiger partial charge on any atom is 0.326 e. The van der Waals surface area contributed by atoms with Gasteiger partial charge in [0.15, 0.2) is 0 Å². The largest absolute Gasteiger partial charge is 0.488 e. The Labute approximate surface area is 422 Å². The highest BCUT2D eigenvalue weighted by atomic mass is 79.9. The van der Waals surface area contributed by atoms with E-state index >= 15 is 0 Å². The summed E-state index contributed by atoms with van der Waals surface area (Å²) in [5.74, 6) is -1.26. The molecule has 6 N–H and O–H groups in total. The van der Waals surface area contributed by atoms with Crippen LogP contribution >= 0.6 is 39.1 Å². The average Bonchev–Trinajstić information content (AvgIpc) is 3.36. The maximum absolute atomic E-state index is 11.9. The Kier molecular flexibility index (Phi) is 17.8. The van der Waals surface area contributed by atoms with E-state index in [0.717, 1.165) is 32.3 Å². The van der Waals surface area contributed by atoms with Crippen molar-refractivity contribution in [3.8, 4) is 46.3 Å². The van der Waals surface area contributed by atoms with Gasteiger partial charge in [0.05, 0.1) is 34.4 Å². The number of rotatable bonds is 23. The molecule has 0 radical (unpaired) electrons. The van der Waals surface area contributed by atoms with Crippen molar-refractivity contribution in [3.05, 3.63) is 162 Å². The fraction of sp³-hybridized carbons (Fsp3) is 0.255. The van der Waals surface area contributed by atoms with Crippen LogP contribution in [0.5, 0.6) is 23.0 Å². The molecule has 2 aromatic heterocycles. The van der Waals surface area contributed by atoms with Crippen LogP contribution in [0.25, 0.3) is 11.1 Å². The number of nitrogens with one attached hydrogen (secondary N) is 2. The number of aromatic nitrogens is 2. The van der Waals surface area contributed by atoms with E-state index in [2.05, 4.69) is 48.7 Å². The van der Waals surface area contributed by atoms with Gasteiger partial charge in [-0.15, -0.1) is 0 Å². The average molecular weight is 1050 g/mol. The third-order valence-electron chi connectivity index (χ3n) is 11.4. The molecular weight excluding hydrogens is 1010 g/mol. The van der Waals surface area contributed by atoms with Gasteiger partial charge in [0.25, 0.3) is 0 Å². The highest BCUT2D eigenvalue weighted by Gasteiger charge is 2.33. The smallest absolute Gasteiger partial charge is 0.326 e. The molecular formula is C51H47BrCl2N6O10. The topological polar surface area (TPSA) is 249 Å². The molecule has 16 nitrogen and oxygen atoms in total. The van der Waals surface area contributed by atoms with Crippen LogP contribution in [0.4, 0.5) is 0 Å². The predicted octanol–water partition coefficient (Wildman–Crippen LogP) is 8.43. The van der Waals surface area contributed by atoms with Crippen molar-refractivity contribution in [2.24, 2.45) is 0 Å². The molecule has 0 amide bonds. The molecule has 4 aromatic carbocycles. The molecule has 0 aliphatic rings. The predicted molar refractivity (Wildman–Crippen MR) is 262 cm³/mol. The number of nitrogens with zero attached hydrogens (tertiary/aromatic N) is 4. The molecule has 70 heavy (non-hydrogen) atoms. The third kappa shape index (κ3) is 12.9. The van der Waals surface area contributed by atoms with Crippen LogP contribution in [-0.2, 0) is 49.1 Å². The number of nitriles is 2. The van der Waals surface area contributed by atoms with Crippen LogP contribution in [0.2, 0.25) is 10.0 Å². The summed E-state index contributed by atoms with van der Waals surface area (Å²) < 4.78 is 25.7. The molecule has 19 heteroatoms. The monoisotopic (exact) mass is 1050 g/mol. The first kappa shape index (κ1) is 52.6. The van der Waals surface area contributed by atoms with Crippen LogP contribution in [0, 0.1) is 29.6 Å². The summed E-state index contributed by atoms with van der Waals surface area (Å²) in [6, 6.07) is 25.4. The second-order valence-corrected chi connectivity index (χ2v) is 18.1. The number of hydrogen-bond acceptors (Lipinski definition) is 14. The lowest BCUT2D eigenvalue weighted by atomic mass is 9.95. The highest BCUT2D eigenvalue weighted by molar-refractivity contribution is 9.10. The van der Waals surface area contributed by atoms with Crippen LogP contribution in [0.3, 0.4) is 0 Å². The van der Waals surface area contributed by atoms with Crippen LogP contribution in [0.15, 0.2) is 102 Å². The molecule has 0 aliphatic carbocycles. The number of aliphatic carboxylic acids is 2. The molecule has 6 aromatic rings. The number of aliphatic hydroxyl groups excluding tert-OH is 2. The molecule has 0 spiro atoms. The minimum absolute atomic E-state index is 0.0245. The van der Waals surface area contributed by atoms with E-state index in [-0.39, 0.29) is 55.3 Å². The zero-order valence-corrected chi connectivity index (χ0v) is 41.2. The number of hydrogen-bond donors (Lipinski definition) is 6. The summed E-state index contributed by atoms with van der Waals surface area (Å²) in [5.41, 5.74) is 3.99. The second-order valence-electron chi connectivity index (χ2n) is 16.5. The summed E-state index contributed by atoms with van der Waals surface area (Å²) in [4.78, 5) is 32.0. The maximum atomic E-state index is 11.9. The van der Waals surface area contributed by atoms with Gasteiger partial charge < -0.3 is 39.4 Å². The number of carbonyl (C=O) groups is 2. The molecule has 0 aliphatic heterocycles. The number of ether oxygens (including phenoxy) is 4. The number of benzene rings is 4. The van der Waals surface area contributed by atoms with Gasteiger partial charge in [-0.3, -0.25) is 30.2 Å². The fourth-order valence-corrected chi connectivity index (χ4v) is 7.89. The lowest BCUT2D eigenvalue weighted by Gasteiger charge is -2.25. The van der Waals surface area contributed by atoms with E-state index in [1.165, 1.54) is 26.2 Å².